The first-order valence-corrected chi connectivity index (χ1v) is 11.3. The largest absolute Gasteiger partial charge is 0.494 e. The zero-order valence-corrected chi connectivity index (χ0v) is 19.0. The van der Waals surface area contributed by atoms with Crippen molar-refractivity contribution < 1.29 is 14.3 Å². The van der Waals surface area contributed by atoms with E-state index >= 15 is 0 Å². The molecule has 2 heterocycles. The summed E-state index contributed by atoms with van der Waals surface area (Å²) in [7, 11) is 1.77. The Morgan fingerprint density at radius 1 is 1.06 bits per heavy atom. The van der Waals surface area contributed by atoms with E-state index in [1.807, 2.05) is 36.7 Å². The van der Waals surface area contributed by atoms with Gasteiger partial charge in [-0.25, -0.2) is 9.97 Å². The Labute approximate surface area is 186 Å². The summed E-state index contributed by atoms with van der Waals surface area (Å²) >= 11 is 0. The summed E-state index contributed by atoms with van der Waals surface area (Å²) in [6, 6.07) is 7.96. The maximum atomic E-state index is 10.9. The minimum absolute atomic E-state index is 0.0375. The van der Waals surface area contributed by atoms with Gasteiger partial charge in [0.25, 0.3) is 0 Å². The van der Waals surface area contributed by atoms with E-state index in [4.69, 9.17) is 9.47 Å². The van der Waals surface area contributed by atoms with Gasteiger partial charge in [0.2, 0.25) is 0 Å². The number of nitrogens with zero attached hydrogens (tertiary/aromatic N) is 3. The van der Waals surface area contributed by atoms with Crippen LogP contribution in [0.25, 0.3) is 11.4 Å². The molecule has 0 amide bonds. The van der Waals surface area contributed by atoms with Gasteiger partial charge in [-0.05, 0) is 70.2 Å². The molecule has 6 heteroatoms. The minimum Gasteiger partial charge on any atom is -0.494 e. The number of hydrogen-bond acceptors (Lipinski definition) is 6. The number of anilines is 1. The van der Waals surface area contributed by atoms with E-state index in [9.17, 15) is 4.79 Å². The highest BCUT2D eigenvalue weighted by atomic mass is 16.5. The van der Waals surface area contributed by atoms with Gasteiger partial charge in [0.15, 0.2) is 5.82 Å². The molecule has 0 radical (unpaired) electrons. The second kappa shape index (κ2) is 11.2. The number of carbonyl (C=O) groups excluding carboxylic acids is 1. The zero-order valence-electron chi connectivity index (χ0n) is 19.0. The molecule has 1 saturated heterocycles. The molecule has 0 unspecified atom stereocenters. The van der Waals surface area contributed by atoms with Gasteiger partial charge in [-0.3, -0.25) is 0 Å². The maximum absolute atomic E-state index is 10.9. The molecule has 1 aromatic carbocycles. The van der Waals surface area contributed by atoms with Crippen molar-refractivity contribution in [1.29, 1.82) is 0 Å². The number of aromatic nitrogens is 2. The van der Waals surface area contributed by atoms with Crippen molar-refractivity contribution in [3.63, 3.8) is 0 Å². The van der Waals surface area contributed by atoms with E-state index in [2.05, 4.69) is 28.7 Å². The molecule has 0 spiro atoms. The van der Waals surface area contributed by atoms with Crippen LogP contribution in [0.1, 0.15) is 52.4 Å². The quantitative estimate of drug-likeness (QED) is 0.376. The van der Waals surface area contributed by atoms with Crippen LogP contribution in [-0.4, -0.2) is 48.7 Å². The zero-order chi connectivity index (χ0) is 22.1. The molecule has 2 aromatic rings. The van der Waals surface area contributed by atoms with Crippen molar-refractivity contribution in [1.82, 2.24) is 9.97 Å². The number of hydrogen-bond donors (Lipinski definition) is 0. The lowest BCUT2D eigenvalue weighted by Crippen LogP contribution is -2.34. The third-order valence-electron chi connectivity index (χ3n) is 6.09. The average molecular weight is 426 g/mol. The molecule has 1 fully saturated rings. The van der Waals surface area contributed by atoms with Gasteiger partial charge in [0, 0.05) is 31.7 Å². The van der Waals surface area contributed by atoms with Crippen LogP contribution in [-0.2, 0) is 9.53 Å². The van der Waals surface area contributed by atoms with E-state index in [0.717, 1.165) is 81.5 Å². The summed E-state index contributed by atoms with van der Waals surface area (Å²) in [5, 5.41) is 0. The summed E-state index contributed by atoms with van der Waals surface area (Å²) in [5.41, 5.74) is 1.95. The Balaban J connectivity index is 1.43. The molecule has 168 valence electrons. The normalized spacial score (nSPS) is 15.1. The van der Waals surface area contributed by atoms with Crippen LogP contribution in [0.2, 0.25) is 0 Å². The lowest BCUT2D eigenvalue weighted by atomic mass is 9.98. The smallest absolute Gasteiger partial charge is 0.159 e. The maximum Gasteiger partial charge on any atom is 0.159 e. The molecule has 1 aliphatic rings. The third kappa shape index (κ3) is 7.03. The fourth-order valence-corrected chi connectivity index (χ4v) is 3.75. The highest BCUT2D eigenvalue weighted by Crippen LogP contribution is 2.24. The molecule has 0 bridgehead atoms. The van der Waals surface area contributed by atoms with E-state index < -0.39 is 0 Å². The molecular weight excluding hydrogens is 390 g/mol. The molecule has 31 heavy (non-hydrogen) atoms. The standard InChI is InChI=1S/C25H35N3O3/c1-25(2,30-3)13-5-4-6-16-31-23-9-7-21(8-10-23)24-26-17-22(18-27-24)28-14-11-20(19-29)12-15-28/h7-10,17-20H,4-6,11-16H2,1-3H3. The lowest BCUT2D eigenvalue weighted by Gasteiger charge is -2.30. The molecular formula is C25H35N3O3. The highest BCUT2D eigenvalue weighted by Gasteiger charge is 2.19. The van der Waals surface area contributed by atoms with Crippen LogP contribution in [0.15, 0.2) is 36.7 Å². The van der Waals surface area contributed by atoms with Crippen LogP contribution in [0.5, 0.6) is 5.75 Å². The first kappa shape index (κ1) is 23.2. The molecule has 0 aliphatic carbocycles. The number of piperidine rings is 1. The fraction of sp³-hybridized carbons (Fsp3) is 0.560. The summed E-state index contributed by atoms with van der Waals surface area (Å²) in [5.74, 6) is 1.77. The van der Waals surface area contributed by atoms with Crippen LogP contribution in [0, 0.1) is 5.92 Å². The Morgan fingerprint density at radius 3 is 2.35 bits per heavy atom. The molecule has 1 aliphatic heterocycles. The number of unbranched alkanes of at least 4 members (excludes halogenated alkanes) is 2. The Kier molecular flexibility index (Phi) is 8.41. The predicted octanol–water partition coefficient (Wildman–Crippen LogP) is 4.92. The van der Waals surface area contributed by atoms with Gasteiger partial charge in [0.1, 0.15) is 12.0 Å². The van der Waals surface area contributed by atoms with E-state index in [0.29, 0.717) is 5.82 Å². The van der Waals surface area contributed by atoms with E-state index in [-0.39, 0.29) is 11.5 Å². The van der Waals surface area contributed by atoms with Crippen LogP contribution >= 0.6 is 0 Å². The van der Waals surface area contributed by atoms with Gasteiger partial charge >= 0.3 is 0 Å². The summed E-state index contributed by atoms with van der Waals surface area (Å²) < 4.78 is 11.3. The number of rotatable bonds is 11. The summed E-state index contributed by atoms with van der Waals surface area (Å²) in [6.07, 6.45) is 11.0. The van der Waals surface area contributed by atoms with Crippen molar-refractivity contribution >= 4 is 12.0 Å². The number of carbonyl (C=O) groups is 1. The number of benzene rings is 1. The molecule has 1 aromatic heterocycles. The van der Waals surface area contributed by atoms with E-state index in [1.54, 1.807) is 7.11 Å². The second-order valence-electron chi connectivity index (χ2n) is 8.87. The second-order valence-corrected chi connectivity index (χ2v) is 8.87. The van der Waals surface area contributed by atoms with E-state index in [1.165, 1.54) is 0 Å². The summed E-state index contributed by atoms with van der Waals surface area (Å²) in [6.45, 7) is 6.73. The molecule has 3 rings (SSSR count). The van der Waals surface area contributed by atoms with Gasteiger partial charge < -0.3 is 19.2 Å². The predicted molar refractivity (Wildman–Crippen MR) is 124 cm³/mol. The number of methoxy groups -OCH3 is 1. The monoisotopic (exact) mass is 425 g/mol. The summed E-state index contributed by atoms with van der Waals surface area (Å²) in [4.78, 5) is 22.2. The molecule has 0 atom stereocenters. The molecule has 6 nitrogen and oxygen atoms in total. The van der Waals surface area contributed by atoms with Crippen molar-refractivity contribution in [2.24, 2.45) is 5.92 Å². The van der Waals surface area contributed by atoms with Crippen LogP contribution < -0.4 is 9.64 Å². The van der Waals surface area contributed by atoms with Crippen LogP contribution in [0.4, 0.5) is 5.69 Å². The first-order valence-electron chi connectivity index (χ1n) is 11.3. The van der Waals surface area contributed by atoms with Crippen molar-refractivity contribution in [2.75, 3.05) is 31.7 Å². The van der Waals surface area contributed by atoms with Gasteiger partial charge in [-0.2, -0.15) is 0 Å². The van der Waals surface area contributed by atoms with Gasteiger partial charge in [-0.1, -0.05) is 6.42 Å². The lowest BCUT2D eigenvalue weighted by molar-refractivity contribution is -0.111. The van der Waals surface area contributed by atoms with Crippen molar-refractivity contribution in [2.45, 2.75) is 58.0 Å². The minimum atomic E-state index is -0.0375. The highest BCUT2D eigenvalue weighted by molar-refractivity contribution is 5.58. The Hall–Kier alpha value is -2.47. The SMILES string of the molecule is COC(C)(C)CCCCCOc1ccc(-c2ncc(N3CCC(C=O)CC3)cn2)cc1. The topological polar surface area (TPSA) is 64.6 Å². The molecule has 0 saturated carbocycles. The Morgan fingerprint density at radius 2 is 1.74 bits per heavy atom. The number of aldehydes is 1. The van der Waals surface area contributed by atoms with Gasteiger partial charge in [0.05, 0.1) is 30.3 Å². The van der Waals surface area contributed by atoms with Crippen LogP contribution in [0.3, 0.4) is 0 Å². The third-order valence-corrected chi connectivity index (χ3v) is 6.09. The first-order chi connectivity index (χ1) is 15.0. The van der Waals surface area contributed by atoms with Crippen molar-refractivity contribution in [3.05, 3.63) is 36.7 Å². The van der Waals surface area contributed by atoms with Crippen molar-refractivity contribution in [3.8, 4) is 17.1 Å². The number of ether oxygens (including phenoxy) is 2. The average Bonchev–Trinajstić information content (AvgIpc) is 2.82. The Bertz CT molecular complexity index is 798. The molecule has 0 N–H and O–H groups in total. The van der Waals surface area contributed by atoms with Gasteiger partial charge in [-0.15, -0.1) is 0 Å². The fourth-order valence-electron chi connectivity index (χ4n) is 3.75.